The summed E-state index contributed by atoms with van der Waals surface area (Å²) >= 11 is 0. The van der Waals surface area contributed by atoms with Gasteiger partial charge in [0.15, 0.2) is 0 Å². The highest BCUT2D eigenvalue weighted by molar-refractivity contribution is 5.87. The topological polar surface area (TPSA) is 69.9 Å². The summed E-state index contributed by atoms with van der Waals surface area (Å²) in [7, 11) is 2.02. The summed E-state index contributed by atoms with van der Waals surface area (Å²) < 4.78 is 13.4. The molecule has 0 saturated carbocycles. The quantitative estimate of drug-likeness (QED) is 0.618. The van der Waals surface area contributed by atoms with Gasteiger partial charge >= 0.3 is 0 Å². The molecule has 130 valence electrons. The SMILES string of the molecule is CN1CCN(C(=O)[C@@H]2CCCN2c2ccc(F)cc2[N+](=O)[O-])CC1. The maximum Gasteiger partial charge on any atom is 0.295 e. The number of carbonyl (C=O) groups is 1. The predicted molar refractivity (Wildman–Crippen MR) is 87.5 cm³/mol. The molecule has 2 aliphatic heterocycles. The third-order valence-corrected chi connectivity index (χ3v) is 4.80. The van der Waals surface area contributed by atoms with E-state index in [2.05, 4.69) is 4.90 Å². The number of amides is 1. The smallest absolute Gasteiger partial charge is 0.295 e. The Hall–Kier alpha value is -2.22. The Labute approximate surface area is 139 Å². The molecule has 1 aromatic carbocycles. The third kappa shape index (κ3) is 3.19. The van der Waals surface area contributed by atoms with Crippen LogP contribution in [0.15, 0.2) is 18.2 Å². The molecule has 1 aromatic rings. The molecule has 1 atom stereocenters. The first-order chi connectivity index (χ1) is 11.5. The van der Waals surface area contributed by atoms with E-state index in [0.29, 0.717) is 31.7 Å². The van der Waals surface area contributed by atoms with E-state index >= 15 is 0 Å². The zero-order valence-electron chi connectivity index (χ0n) is 13.7. The molecule has 2 saturated heterocycles. The monoisotopic (exact) mass is 336 g/mol. The number of halogens is 1. The number of hydrogen-bond acceptors (Lipinski definition) is 5. The largest absolute Gasteiger partial charge is 0.354 e. The van der Waals surface area contributed by atoms with E-state index in [1.54, 1.807) is 4.90 Å². The lowest BCUT2D eigenvalue weighted by Gasteiger charge is -2.36. The summed E-state index contributed by atoms with van der Waals surface area (Å²) in [5.74, 6) is -0.634. The molecule has 0 N–H and O–H groups in total. The first kappa shape index (κ1) is 16.6. The van der Waals surface area contributed by atoms with Crippen molar-refractivity contribution in [3.8, 4) is 0 Å². The molecule has 8 heteroatoms. The second kappa shape index (κ2) is 6.72. The molecular formula is C16H21FN4O3. The second-order valence-electron chi connectivity index (χ2n) is 6.37. The summed E-state index contributed by atoms with van der Waals surface area (Å²) in [5.41, 5.74) is 0.0412. The molecule has 3 rings (SSSR count). The molecule has 2 aliphatic rings. The van der Waals surface area contributed by atoms with Crippen molar-refractivity contribution < 1.29 is 14.1 Å². The Morgan fingerprint density at radius 1 is 1.25 bits per heavy atom. The van der Waals surface area contributed by atoms with Crippen LogP contribution in [0.4, 0.5) is 15.8 Å². The summed E-state index contributed by atoms with van der Waals surface area (Å²) in [6, 6.07) is 3.13. The van der Waals surface area contributed by atoms with E-state index in [9.17, 15) is 19.3 Å². The normalized spacial score (nSPS) is 22.0. The van der Waals surface area contributed by atoms with Gasteiger partial charge in [-0.3, -0.25) is 14.9 Å². The van der Waals surface area contributed by atoms with Crippen LogP contribution in [0, 0.1) is 15.9 Å². The summed E-state index contributed by atoms with van der Waals surface area (Å²) in [6.45, 7) is 3.57. The summed E-state index contributed by atoms with van der Waals surface area (Å²) in [4.78, 5) is 29.3. The van der Waals surface area contributed by atoms with Crippen molar-refractivity contribution in [1.29, 1.82) is 0 Å². The van der Waals surface area contributed by atoms with Crippen molar-refractivity contribution in [2.75, 3.05) is 44.7 Å². The van der Waals surface area contributed by atoms with Gasteiger partial charge in [-0.25, -0.2) is 4.39 Å². The number of carbonyl (C=O) groups excluding carboxylic acids is 1. The average Bonchev–Trinajstić information content (AvgIpc) is 3.04. The molecule has 0 aromatic heterocycles. The molecule has 7 nitrogen and oxygen atoms in total. The Morgan fingerprint density at radius 2 is 1.96 bits per heavy atom. The molecule has 1 amide bonds. The van der Waals surface area contributed by atoms with Crippen LogP contribution in [0.25, 0.3) is 0 Å². The maximum absolute atomic E-state index is 13.4. The number of nitrogens with zero attached hydrogens (tertiary/aromatic N) is 4. The van der Waals surface area contributed by atoms with Crippen molar-refractivity contribution in [2.24, 2.45) is 0 Å². The number of anilines is 1. The van der Waals surface area contributed by atoms with Crippen LogP contribution < -0.4 is 4.90 Å². The van der Waals surface area contributed by atoms with Gasteiger partial charge in [0, 0.05) is 32.7 Å². The van der Waals surface area contributed by atoms with Crippen LogP contribution in [0.3, 0.4) is 0 Å². The molecule has 0 spiro atoms. The molecule has 0 bridgehead atoms. The second-order valence-corrected chi connectivity index (χ2v) is 6.37. The highest BCUT2D eigenvalue weighted by Gasteiger charge is 2.37. The predicted octanol–water partition coefficient (Wildman–Crippen LogP) is 1.48. The van der Waals surface area contributed by atoms with Gasteiger partial charge in [0.1, 0.15) is 17.5 Å². The van der Waals surface area contributed by atoms with Crippen LogP contribution in [-0.4, -0.2) is 66.4 Å². The lowest BCUT2D eigenvalue weighted by molar-refractivity contribution is -0.384. The van der Waals surface area contributed by atoms with Crippen molar-refractivity contribution in [3.63, 3.8) is 0 Å². The fourth-order valence-corrected chi connectivity index (χ4v) is 3.44. The number of nitro groups is 1. The molecule has 0 aliphatic carbocycles. The lowest BCUT2D eigenvalue weighted by atomic mass is 10.1. The Bertz CT molecular complexity index is 646. The average molecular weight is 336 g/mol. The van der Waals surface area contributed by atoms with E-state index < -0.39 is 16.8 Å². The number of hydrogen-bond donors (Lipinski definition) is 0. The van der Waals surface area contributed by atoms with Gasteiger partial charge in [-0.2, -0.15) is 0 Å². The standard InChI is InChI=1S/C16H21FN4O3/c1-18-7-9-19(10-8-18)16(22)14-3-2-6-20(14)13-5-4-12(17)11-15(13)21(23)24/h4-5,11,14H,2-3,6-10H2,1H3/t14-/m0/s1. The van der Waals surface area contributed by atoms with E-state index in [-0.39, 0.29) is 11.6 Å². The Kier molecular flexibility index (Phi) is 4.66. The van der Waals surface area contributed by atoms with Crippen molar-refractivity contribution in [3.05, 3.63) is 34.1 Å². The van der Waals surface area contributed by atoms with Gasteiger partial charge in [0.2, 0.25) is 5.91 Å². The lowest BCUT2D eigenvalue weighted by Crippen LogP contribution is -2.53. The first-order valence-electron chi connectivity index (χ1n) is 8.15. The van der Waals surface area contributed by atoms with Crippen molar-refractivity contribution >= 4 is 17.3 Å². The highest BCUT2D eigenvalue weighted by atomic mass is 19.1. The minimum absolute atomic E-state index is 0.0132. The van der Waals surface area contributed by atoms with Gasteiger partial charge in [-0.1, -0.05) is 0 Å². The number of benzene rings is 1. The minimum Gasteiger partial charge on any atom is -0.354 e. The van der Waals surface area contributed by atoms with Gasteiger partial charge in [0.25, 0.3) is 5.69 Å². The molecule has 2 fully saturated rings. The zero-order valence-corrected chi connectivity index (χ0v) is 13.7. The van der Waals surface area contributed by atoms with Crippen LogP contribution in [0.5, 0.6) is 0 Å². The van der Waals surface area contributed by atoms with E-state index in [4.69, 9.17) is 0 Å². The molecule has 0 unspecified atom stereocenters. The van der Waals surface area contributed by atoms with E-state index in [1.807, 2.05) is 11.9 Å². The number of piperazine rings is 1. The fourth-order valence-electron chi connectivity index (χ4n) is 3.44. The summed E-state index contributed by atoms with van der Waals surface area (Å²) in [5, 5.41) is 11.3. The van der Waals surface area contributed by atoms with Crippen LogP contribution in [0.1, 0.15) is 12.8 Å². The first-order valence-corrected chi connectivity index (χ1v) is 8.15. The van der Waals surface area contributed by atoms with Crippen LogP contribution in [-0.2, 0) is 4.79 Å². The molecular weight excluding hydrogens is 315 g/mol. The molecule has 2 heterocycles. The minimum atomic E-state index is -0.647. The van der Waals surface area contributed by atoms with Crippen molar-refractivity contribution in [1.82, 2.24) is 9.80 Å². The fraction of sp³-hybridized carbons (Fsp3) is 0.562. The number of rotatable bonds is 3. The van der Waals surface area contributed by atoms with Crippen LogP contribution >= 0.6 is 0 Å². The van der Waals surface area contributed by atoms with E-state index in [0.717, 1.165) is 25.6 Å². The van der Waals surface area contributed by atoms with Gasteiger partial charge in [0.05, 0.1) is 11.0 Å². The Balaban J connectivity index is 1.83. The molecule has 24 heavy (non-hydrogen) atoms. The van der Waals surface area contributed by atoms with E-state index in [1.165, 1.54) is 12.1 Å². The Morgan fingerprint density at radius 3 is 2.62 bits per heavy atom. The number of nitro benzene ring substituents is 1. The zero-order chi connectivity index (χ0) is 17.3. The summed E-state index contributed by atoms with van der Waals surface area (Å²) in [6.07, 6.45) is 1.46. The van der Waals surface area contributed by atoms with Gasteiger partial charge < -0.3 is 14.7 Å². The molecule has 0 radical (unpaired) electrons. The third-order valence-electron chi connectivity index (χ3n) is 4.80. The highest BCUT2D eigenvalue weighted by Crippen LogP contribution is 2.34. The van der Waals surface area contributed by atoms with Gasteiger partial charge in [-0.15, -0.1) is 0 Å². The van der Waals surface area contributed by atoms with Gasteiger partial charge in [-0.05, 0) is 32.0 Å². The maximum atomic E-state index is 13.4. The van der Waals surface area contributed by atoms with Crippen molar-refractivity contribution in [2.45, 2.75) is 18.9 Å². The number of likely N-dealkylation sites (N-methyl/N-ethyl adjacent to an activating group) is 1. The van der Waals surface area contributed by atoms with Crippen LogP contribution in [0.2, 0.25) is 0 Å².